The maximum absolute atomic E-state index is 12.1. The van der Waals surface area contributed by atoms with Crippen LogP contribution in [0, 0.1) is 0 Å². The largest absolute Gasteiger partial charge is 0.465 e. The summed E-state index contributed by atoms with van der Waals surface area (Å²) in [5.74, 6) is -0.666. The molecule has 1 heterocycles. The van der Waals surface area contributed by atoms with Gasteiger partial charge in [0.25, 0.3) is 5.91 Å². The summed E-state index contributed by atoms with van der Waals surface area (Å²) in [7, 11) is -3.31. The number of carbonyl (C=O) groups is 2. The summed E-state index contributed by atoms with van der Waals surface area (Å²) < 4.78 is 28.1. The Balaban J connectivity index is 1.96. The number of ether oxygens (including phenoxy) is 1. The minimum atomic E-state index is -3.31. The fraction of sp³-hybridized carbons (Fsp3) is 0.286. The van der Waals surface area contributed by atoms with Crippen molar-refractivity contribution in [2.24, 2.45) is 0 Å². The van der Waals surface area contributed by atoms with Gasteiger partial charge in [-0.15, -0.1) is 10.2 Å². The molecule has 0 aliphatic heterocycles. The second kappa shape index (κ2) is 8.41. The zero-order valence-corrected chi connectivity index (χ0v) is 15.8. The average molecular weight is 401 g/mol. The van der Waals surface area contributed by atoms with E-state index in [0.29, 0.717) is 16.5 Å². The number of nitrogens with one attached hydrogen (secondary N) is 1. The minimum Gasteiger partial charge on any atom is -0.465 e. The van der Waals surface area contributed by atoms with Crippen LogP contribution in [0.25, 0.3) is 0 Å². The number of rotatable bonds is 7. The zero-order chi connectivity index (χ0) is 18.4. The van der Waals surface area contributed by atoms with Crippen molar-refractivity contribution in [3.8, 4) is 0 Å². The van der Waals surface area contributed by atoms with E-state index in [4.69, 9.17) is 4.74 Å². The number of aromatic nitrogens is 2. The molecule has 0 aliphatic rings. The minimum absolute atomic E-state index is 0.114. The molecule has 0 atom stereocenters. The van der Waals surface area contributed by atoms with Crippen molar-refractivity contribution in [1.29, 1.82) is 0 Å². The Morgan fingerprint density at radius 1 is 1.24 bits per heavy atom. The van der Waals surface area contributed by atoms with Gasteiger partial charge in [0.15, 0.2) is 14.2 Å². The molecule has 8 nitrogen and oxygen atoms in total. The van der Waals surface area contributed by atoms with Gasteiger partial charge in [-0.25, -0.2) is 8.42 Å². The van der Waals surface area contributed by atoms with Crippen molar-refractivity contribution in [2.45, 2.75) is 16.2 Å². The normalized spacial score (nSPS) is 11.1. The Morgan fingerprint density at radius 2 is 1.92 bits per heavy atom. The topological polar surface area (TPSA) is 115 Å². The van der Waals surface area contributed by atoms with Gasteiger partial charge < -0.3 is 4.74 Å². The van der Waals surface area contributed by atoms with Crippen LogP contribution in [-0.2, 0) is 19.4 Å². The Morgan fingerprint density at radius 3 is 2.52 bits per heavy atom. The van der Waals surface area contributed by atoms with Crippen molar-refractivity contribution in [3.63, 3.8) is 0 Å². The number of hydrogen-bond acceptors (Lipinski definition) is 9. The van der Waals surface area contributed by atoms with Crippen molar-refractivity contribution in [1.82, 2.24) is 10.2 Å². The summed E-state index contributed by atoms with van der Waals surface area (Å²) in [6, 6.07) is 5.57. The first-order valence-corrected chi connectivity index (χ1v) is 10.7. The van der Waals surface area contributed by atoms with E-state index in [1.807, 2.05) is 0 Å². The van der Waals surface area contributed by atoms with E-state index in [9.17, 15) is 18.0 Å². The summed E-state index contributed by atoms with van der Waals surface area (Å²) in [5.41, 5.74) is 0.295. The Labute approximate surface area is 152 Å². The van der Waals surface area contributed by atoms with Gasteiger partial charge in [-0.2, -0.15) is 0 Å². The number of sulfone groups is 1. The van der Waals surface area contributed by atoms with Crippen LogP contribution in [0.15, 0.2) is 33.5 Å². The van der Waals surface area contributed by atoms with E-state index in [2.05, 4.69) is 15.5 Å². The Hall–Kier alpha value is -1.98. The summed E-state index contributed by atoms with van der Waals surface area (Å²) in [5, 5.41) is 10.6. The van der Waals surface area contributed by atoms with Gasteiger partial charge in [-0.05, 0) is 31.2 Å². The molecule has 0 radical (unpaired) electrons. The molecule has 134 valence electrons. The first-order chi connectivity index (χ1) is 11.8. The number of hydrogen-bond donors (Lipinski definition) is 1. The highest BCUT2D eigenvalue weighted by atomic mass is 32.2. The SMILES string of the molecule is CCOC(=O)CSc1nnc(NC(=O)c2ccc(S(C)(=O)=O)cc2)s1. The highest BCUT2D eigenvalue weighted by molar-refractivity contribution is 8.01. The number of esters is 1. The third-order valence-corrected chi connectivity index (χ3v) is 5.86. The summed E-state index contributed by atoms with van der Waals surface area (Å²) in [4.78, 5) is 23.6. The van der Waals surface area contributed by atoms with Crippen LogP contribution in [0.3, 0.4) is 0 Å². The van der Waals surface area contributed by atoms with Gasteiger partial charge in [0, 0.05) is 11.8 Å². The maximum Gasteiger partial charge on any atom is 0.316 e. The van der Waals surface area contributed by atoms with Gasteiger partial charge >= 0.3 is 5.97 Å². The van der Waals surface area contributed by atoms with Crippen molar-refractivity contribution in [2.75, 3.05) is 23.9 Å². The lowest BCUT2D eigenvalue weighted by Gasteiger charge is -2.02. The van der Waals surface area contributed by atoms with Crippen LogP contribution in [0.5, 0.6) is 0 Å². The molecule has 0 saturated heterocycles. The molecule has 1 aromatic heterocycles. The van der Waals surface area contributed by atoms with E-state index in [0.717, 1.165) is 17.6 Å². The number of thioether (sulfide) groups is 1. The van der Waals surface area contributed by atoms with Crippen LogP contribution >= 0.6 is 23.1 Å². The van der Waals surface area contributed by atoms with Crippen LogP contribution < -0.4 is 5.32 Å². The fourth-order valence-electron chi connectivity index (χ4n) is 1.66. The quantitative estimate of drug-likeness (QED) is 0.425. The number of nitrogens with zero attached hydrogens (tertiary/aromatic N) is 2. The van der Waals surface area contributed by atoms with E-state index in [1.165, 1.54) is 36.0 Å². The summed E-state index contributed by atoms with van der Waals surface area (Å²) >= 11 is 2.30. The first kappa shape index (κ1) is 19.3. The van der Waals surface area contributed by atoms with E-state index in [-0.39, 0.29) is 21.7 Å². The first-order valence-electron chi connectivity index (χ1n) is 7.03. The van der Waals surface area contributed by atoms with Crippen LogP contribution in [-0.4, -0.2) is 49.1 Å². The second-order valence-electron chi connectivity index (χ2n) is 4.72. The molecule has 2 aromatic rings. The summed E-state index contributed by atoms with van der Waals surface area (Å²) in [6.45, 7) is 2.04. The van der Waals surface area contributed by atoms with E-state index in [1.54, 1.807) is 6.92 Å². The predicted octanol–water partition coefficient (Wildman–Crippen LogP) is 1.85. The Kier molecular flexibility index (Phi) is 6.51. The monoisotopic (exact) mass is 401 g/mol. The summed E-state index contributed by atoms with van der Waals surface area (Å²) in [6.07, 6.45) is 1.10. The molecule has 0 unspecified atom stereocenters. The Bertz CT molecular complexity index is 862. The predicted molar refractivity (Wildman–Crippen MR) is 94.8 cm³/mol. The molecule has 25 heavy (non-hydrogen) atoms. The molecule has 0 bridgehead atoms. The van der Waals surface area contributed by atoms with Gasteiger partial charge in [-0.3, -0.25) is 14.9 Å². The average Bonchev–Trinajstić information content (AvgIpc) is 3.00. The molecule has 2 rings (SSSR count). The molecule has 1 aromatic carbocycles. The van der Waals surface area contributed by atoms with Crippen molar-refractivity contribution >= 4 is 49.9 Å². The molecule has 0 fully saturated rings. The third-order valence-electron chi connectivity index (χ3n) is 2.79. The molecular formula is C14H15N3O5S3. The van der Waals surface area contributed by atoms with Gasteiger partial charge in [-0.1, -0.05) is 23.1 Å². The van der Waals surface area contributed by atoms with Gasteiger partial charge in [0.2, 0.25) is 5.13 Å². The van der Waals surface area contributed by atoms with Gasteiger partial charge in [0.05, 0.1) is 17.3 Å². The molecule has 0 aliphatic carbocycles. The standard InChI is InChI=1S/C14H15N3O5S3/c1-3-22-11(18)8-23-14-17-16-13(24-14)15-12(19)9-4-6-10(7-5-9)25(2,20)21/h4-7H,3,8H2,1-2H3,(H,15,16,19). The fourth-order valence-corrected chi connectivity index (χ4v) is 3.84. The van der Waals surface area contributed by atoms with Crippen LogP contribution in [0.2, 0.25) is 0 Å². The smallest absolute Gasteiger partial charge is 0.316 e. The molecule has 0 spiro atoms. The van der Waals surface area contributed by atoms with Crippen molar-refractivity contribution in [3.05, 3.63) is 29.8 Å². The number of amides is 1. The highest BCUT2D eigenvalue weighted by Crippen LogP contribution is 2.25. The van der Waals surface area contributed by atoms with Crippen LogP contribution in [0.4, 0.5) is 5.13 Å². The molecule has 11 heteroatoms. The van der Waals surface area contributed by atoms with E-state index < -0.39 is 15.7 Å². The second-order valence-corrected chi connectivity index (χ2v) is 8.93. The number of benzene rings is 1. The lowest BCUT2D eigenvalue weighted by molar-refractivity contribution is -0.139. The maximum atomic E-state index is 12.1. The van der Waals surface area contributed by atoms with Crippen LogP contribution in [0.1, 0.15) is 17.3 Å². The molecule has 1 N–H and O–H groups in total. The molecule has 0 saturated carbocycles. The lowest BCUT2D eigenvalue weighted by atomic mass is 10.2. The zero-order valence-electron chi connectivity index (χ0n) is 13.4. The molecular weight excluding hydrogens is 386 g/mol. The van der Waals surface area contributed by atoms with E-state index >= 15 is 0 Å². The van der Waals surface area contributed by atoms with Crippen molar-refractivity contribution < 1.29 is 22.7 Å². The van der Waals surface area contributed by atoms with Gasteiger partial charge in [0.1, 0.15) is 0 Å². The third kappa shape index (κ3) is 5.80. The number of carbonyl (C=O) groups excluding carboxylic acids is 2. The number of anilines is 1. The lowest BCUT2D eigenvalue weighted by Crippen LogP contribution is -2.11. The highest BCUT2D eigenvalue weighted by Gasteiger charge is 2.13. The molecule has 1 amide bonds.